The van der Waals surface area contributed by atoms with Crippen molar-refractivity contribution in [3.05, 3.63) is 81.6 Å². The molecule has 3 aromatic rings. The number of anilines is 1. The van der Waals surface area contributed by atoms with E-state index in [0.29, 0.717) is 22.8 Å². The first-order chi connectivity index (χ1) is 14.9. The van der Waals surface area contributed by atoms with Crippen LogP contribution in [0, 0.1) is 6.92 Å². The number of amides is 1. The molecule has 2 N–H and O–H groups in total. The fraction of sp³-hybridized carbons (Fsp3) is 0.167. The van der Waals surface area contributed by atoms with Gasteiger partial charge in [-0.1, -0.05) is 18.2 Å². The minimum Gasteiger partial charge on any atom is -0.507 e. The number of hydrogen-bond acceptors (Lipinski definition) is 6. The maximum Gasteiger partial charge on any atom is 0.300 e. The number of ether oxygens (including phenoxy) is 1. The number of phenols is 1. The molecule has 1 amide bonds. The molecule has 0 aliphatic carbocycles. The molecule has 7 heteroatoms. The topological polar surface area (TPSA) is 87.1 Å². The van der Waals surface area contributed by atoms with Gasteiger partial charge in [-0.2, -0.15) is 0 Å². The highest BCUT2D eigenvalue weighted by Gasteiger charge is 2.48. The Morgan fingerprint density at radius 1 is 1.13 bits per heavy atom. The third kappa shape index (κ3) is 3.57. The summed E-state index contributed by atoms with van der Waals surface area (Å²) in [5.74, 6) is -1.30. The molecule has 1 fully saturated rings. The number of hydrogen-bond donors (Lipinski definition) is 2. The van der Waals surface area contributed by atoms with Gasteiger partial charge in [0.25, 0.3) is 11.7 Å². The van der Waals surface area contributed by atoms with E-state index in [1.54, 1.807) is 42.5 Å². The predicted octanol–water partition coefficient (Wildman–Crippen LogP) is 4.79. The van der Waals surface area contributed by atoms with Gasteiger partial charge in [0.05, 0.1) is 17.9 Å². The molecule has 2 aromatic carbocycles. The zero-order valence-corrected chi connectivity index (χ0v) is 17.8. The summed E-state index contributed by atoms with van der Waals surface area (Å²) < 4.78 is 5.55. The normalized spacial score (nSPS) is 17.9. The average molecular weight is 436 g/mol. The Hall–Kier alpha value is -3.58. The zero-order valence-electron chi connectivity index (χ0n) is 17.0. The number of Topliss-reactive ketones (excluding diaryl/α,β-unsaturated/α-hetero) is 1. The molecule has 158 valence electrons. The minimum atomic E-state index is -0.847. The number of phenolic OH excluding ortho intramolecular Hbond substituents is 1. The molecule has 4 rings (SSSR count). The van der Waals surface area contributed by atoms with Crippen molar-refractivity contribution >= 4 is 34.5 Å². The summed E-state index contributed by atoms with van der Waals surface area (Å²) in [5, 5.41) is 23.3. The molecule has 0 spiro atoms. The van der Waals surface area contributed by atoms with Gasteiger partial charge in [0.2, 0.25) is 0 Å². The SMILES string of the molecule is CCOc1ccc(/C(O)=C2/C(=O)C(=O)N(c3ccccc3O)C2c2cccs2)cc1C. The number of rotatable bonds is 5. The van der Waals surface area contributed by atoms with Gasteiger partial charge in [0.15, 0.2) is 0 Å². The first-order valence-electron chi connectivity index (χ1n) is 9.80. The van der Waals surface area contributed by atoms with E-state index in [-0.39, 0.29) is 22.8 Å². The number of benzene rings is 2. The van der Waals surface area contributed by atoms with Crippen molar-refractivity contribution in [1.82, 2.24) is 0 Å². The lowest BCUT2D eigenvalue weighted by molar-refractivity contribution is -0.132. The van der Waals surface area contributed by atoms with Gasteiger partial charge in [-0.3, -0.25) is 14.5 Å². The van der Waals surface area contributed by atoms with E-state index in [9.17, 15) is 19.8 Å². The van der Waals surface area contributed by atoms with Crippen LogP contribution in [0.3, 0.4) is 0 Å². The number of carbonyl (C=O) groups is 2. The molecule has 2 heterocycles. The number of nitrogens with zero attached hydrogens (tertiary/aromatic N) is 1. The minimum absolute atomic E-state index is 0.0146. The number of thiophene rings is 1. The Morgan fingerprint density at radius 2 is 1.90 bits per heavy atom. The van der Waals surface area contributed by atoms with E-state index in [0.717, 1.165) is 5.56 Å². The lowest BCUT2D eigenvalue weighted by atomic mass is 9.98. The Labute approximate surface area is 183 Å². The summed E-state index contributed by atoms with van der Waals surface area (Å²) in [6.07, 6.45) is 0. The Morgan fingerprint density at radius 3 is 2.55 bits per heavy atom. The zero-order chi connectivity index (χ0) is 22.1. The number of aliphatic hydroxyl groups excluding tert-OH is 1. The van der Waals surface area contributed by atoms with Crippen molar-refractivity contribution in [3.8, 4) is 11.5 Å². The lowest BCUT2D eigenvalue weighted by Crippen LogP contribution is -2.29. The van der Waals surface area contributed by atoms with Gasteiger partial charge in [0.1, 0.15) is 23.3 Å². The number of aromatic hydroxyl groups is 1. The maximum atomic E-state index is 13.1. The summed E-state index contributed by atoms with van der Waals surface area (Å²) in [6.45, 7) is 4.24. The predicted molar refractivity (Wildman–Crippen MR) is 120 cm³/mol. The molecular formula is C24H21NO5S. The molecular weight excluding hydrogens is 414 g/mol. The summed E-state index contributed by atoms with van der Waals surface area (Å²) in [4.78, 5) is 28.0. The van der Waals surface area contributed by atoms with E-state index in [1.807, 2.05) is 25.3 Å². The fourth-order valence-electron chi connectivity index (χ4n) is 3.73. The molecule has 1 aliphatic heterocycles. The highest BCUT2D eigenvalue weighted by molar-refractivity contribution is 7.10. The molecule has 0 radical (unpaired) electrons. The quantitative estimate of drug-likeness (QED) is 0.342. The monoisotopic (exact) mass is 435 g/mol. The van der Waals surface area contributed by atoms with Crippen LogP contribution in [0.4, 0.5) is 5.69 Å². The van der Waals surface area contributed by atoms with E-state index >= 15 is 0 Å². The van der Waals surface area contributed by atoms with Crippen LogP contribution in [0.25, 0.3) is 5.76 Å². The molecule has 1 saturated heterocycles. The van der Waals surface area contributed by atoms with Crippen LogP contribution in [-0.2, 0) is 9.59 Å². The number of carbonyl (C=O) groups excluding carboxylic acids is 2. The Balaban J connectivity index is 1.90. The second kappa shape index (κ2) is 8.28. The molecule has 1 aromatic heterocycles. The second-order valence-corrected chi connectivity index (χ2v) is 8.07. The smallest absolute Gasteiger partial charge is 0.300 e. The molecule has 1 unspecified atom stereocenters. The molecule has 1 aliphatic rings. The fourth-order valence-corrected chi connectivity index (χ4v) is 4.56. The van der Waals surface area contributed by atoms with Gasteiger partial charge < -0.3 is 14.9 Å². The van der Waals surface area contributed by atoms with E-state index in [4.69, 9.17) is 4.74 Å². The van der Waals surface area contributed by atoms with Gasteiger partial charge in [-0.25, -0.2) is 0 Å². The van der Waals surface area contributed by atoms with E-state index in [2.05, 4.69) is 0 Å². The maximum absolute atomic E-state index is 13.1. The first kappa shape index (κ1) is 20.7. The third-order valence-electron chi connectivity index (χ3n) is 5.15. The first-order valence-corrected chi connectivity index (χ1v) is 10.7. The van der Waals surface area contributed by atoms with Gasteiger partial charge in [-0.15, -0.1) is 11.3 Å². The van der Waals surface area contributed by atoms with E-state index in [1.165, 1.54) is 22.3 Å². The standard InChI is InChI=1S/C24H21NO5S/c1-3-30-18-11-10-15(13-14(18)2)22(27)20-21(19-9-6-12-31-19)25(24(29)23(20)28)16-7-4-5-8-17(16)26/h4-13,21,26-27H,3H2,1-2H3/b22-20-. The summed E-state index contributed by atoms with van der Waals surface area (Å²) in [5.41, 5.74) is 1.41. The molecule has 0 bridgehead atoms. The van der Waals surface area contributed by atoms with Crippen molar-refractivity contribution in [2.45, 2.75) is 19.9 Å². The average Bonchev–Trinajstić information content (AvgIpc) is 3.37. The number of ketones is 1. The van der Waals surface area contributed by atoms with Crippen LogP contribution < -0.4 is 9.64 Å². The van der Waals surface area contributed by atoms with Crippen LogP contribution in [-0.4, -0.2) is 28.5 Å². The van der Waals surface area contributed by atoms with Crippen molar-refractivity contribution < 1.29 is 24.5 Å². The van der Waals surface area contributed by atoms with Crippen molar-refractivity contribution in [2.75, 3.05) is 11.5 Å². The summed E-state index contributed by atoms with van der Waals surface area (Å²) >= 11 is 1.36. The molecule has 0 saturated carbocycles. The third-order valence-corrected chi connectivity index (χ3v) is 6.07. The van der Waals surface area contributed by atoms with E-state index < -0.39 is 17.7 Å². The largest absolute Gasteiger partial charge is 0.507 e. The van der Waals surface area contributed by atoms with Gasteiger partial charge in [-0.05, 0) is 61.2 Å². The lowest BCUT2D eigenvalue weighted by Gasteiger charge is -2.24. The van der Waals surface area contributed by atoms with Gasteiger partial charge in [0, 0.05) is 10.4 Å². The molecule has 31 heavy (non-hydrogen) atoms. The Kier molecular flexibility index (Phi) is 5.52. The van der Waals surface area contributed by atoms with Crippen molar-refractivity contribution in [1.29, 1.82) is 0 Å². The molecule has 1 atom stereocenters. The molecule has 6 nitrogen and oxygen atoms in total. The van der Waals surface area contributed by atoms with Gasteiger partial charge >= 0.3 is 0 Å². The highest BCUT2D eigenvalue weighted by Crippen LogP contribution is 2.45. The summed E-state index contributed by atoms with van der Waals surface area (Å²) in [7, 11) is 0. The summed E-state index contributed by atoms with van der Waals surface area (Å²) in [6, 6.07) is 14.2. The highest BCUT2D eigenvalue weighted by atomic mass is 32.1. The van der Waals surface area contributed by atoms with Crippen LogP contribution >= 0.6 is 11.3 Å². The van der Waals surface area contributed by atoms with Crippen LogP contribution in [0.5, 0.6) is 11.5 Å². The Bertz CT molecular complexity index is 1180. The number of aliphatic hydroxyl groups is 1. The van der Waals surface area contributed by atoms with Crippen LogP contribution in [0.15, 0.2) is 65.6 Å². The number of aryl methyl sites for hydroxylation is 1. The second-order valence-electron chi connectivity index (χ2n) is 7.09. The number of para-hydroxylation sites is 2. The van der Waals surface area contributed by atoms with Crippen molar-refractivity contribution in [2.24, 2.45) is 0 Å². The van der Waals surface area contributed by atoms with Crippen LogP contribution in [0.1, 0.15) is 29.0 Å². The van der Waals surface area contributed by atoms with Crippen molar-refractivity contribution in [3.63, 3.8) is 0 Å². The van der Waals surface area contributed by atoms with Crippen LogP contribution in [0.2, 0.25) is 0 Å².